The van der Waals surface area contributed by atoms with Gasteiger partial charge in [0.25, 0.3) is 0 Å². The standard InChI is InChI=1S/C22H16Cl3FN2O2/c23-17-2-1-3-18(24)21(17)28-20-9-12(6-7-29)8-15(16(20)11-27-22(28)30)14-5-4-13(26)10-19(14)25/h1-5,8-10,29H,6-7,11H2,(H,27,30). The zero-order chi connectivity index (χ0) is 21.4. The van der Waals surface area contributed by atoms with Crippen molar-refractivity contribution in [1.29, 1.82) is 0 Å². The first kappa shape index (κ1) is 20.9. The van der Waals surface area contributed by atoms with Gasteiger partial charge in [-0.25, -0.2) is 9.18 Å². The van der Waals surface area contributed by atoms with E-state index in [0.29, 0.717) is 33.4 Å². The lowest BCUT2D eigenvalue weighted by Crippen LogP contribution is -2.41. The van der Waals surface area contributed by atoms with Crippen molar-refractivity contribution in [3.05, 3.63) is 80.5 Å². The lowest BCUT2D eigenvalue weighted by Gasteiger charge is -2.33. The Balaban J connectivity index is 2.00. The van der Waals surface area contributed by atoms with E-state index in [-0.39, 0.29) is 24.2 Å². The molecule has 4 rings (SSSR count). The molecular weight excluding hydrogens is 450 g/mol. The van der Waals surface area contributed by atoms with Crippen LogP contribution in [0.2, 0.25) is 15.1 Å². The molecule has 0 radical (unpaired) electrons. The number of amides is 2. The highest BCUT2D eigenvalue weighted by Gasteiger charge is 2.31. The third-order valence-electron chi connectivity index (χ3n) is 4.93. The highest BCUT2D eigenvalue weighted by molar-refractivity contribution is 6.40. The second-order valence-electron chi connectivity index (χ2n) is 6.80. The van der Waals surface area contributed by atoms with E-state index in [1.165, 1.54) is 17.0 Å². The summed E-state index contributed by atoms with van der Waals surface area (Å²) in [5.41, 5.74) is 3.85. The summed E-state index contributed by atoms with van der Waals surface area (Å²) < 4.78 is 13.6. The predicted octanol–water partition coefficient (Wildman–Crippen LogP) is 6.35. The fourth-order valence-corrected chi connectivity index (χ4v) is 4.43. The second-order valence-corrected chi connectivity index (χ2v) is 8.02. The van der Waals surface area contributed by atoms with Crippen LogP contribution < -0.4 is 10.2 Å². The van der Waals surface area contributed by atoms with Gasteiger partial charge in [-0.15, -0.1) is 0 Å². The Morgan fingerprint density at radius 3 is 2.40 bits per heavy atom. The van der Waals surface area contributed by atoms with Crippen LogP contribution in [0.25, 0.3) is 11.1 Å². The summed E-state index contributed by atoms with van der Waals surface area (Å²) in [7, 11) is 0. The number of urea groups is 1. The van der Waals surface area contributed by atoms with E-state index in [1.807, 2.05) is 12.1 Å². The third-order valence-corrected chi connectivity index (χ3v) is 5.85. The van der Waals surface area contributed by atoms with Crippen LogP contribution >= 0.6 is 34.8 Å². The Morgan fingerprint density at radius 2 is 1.73 bits per heavy atom. The third kappa shape index (κ3) is 3.74. The van der Waals surface area contributed by atoms with E-state index >= 15 is 0 Å². The summed E-state index contributed by atoms with van der Waals surface area (Å²) in [6.45, 7) is 0.170. The molecule has 154 valence electrons. The molecule has 0 bridgehead atoms. The number of nitrogens with zero attached hydrogens (tertiary/aromatic N) is 1. The molecule has 0 atom stereocenters. The molecule has 0 saturated carbocycles. The lowest BCUT2D eigenvalue weighted by atomic mass is 9.92. The van der Waals surface area contributed by atoms with Gasteiger partial charge in [-0.2, -0.15) is 0 Å². The number of carbonyl (C=O) groups excluding carboxylic acids is 1. The molecule has 0 spiro atoms. The molecule has 1 aliphatic rings. The molecule has 0 aliphatic carbocycles. The maximum atomic E-state index is 13.6. The fraction of sp³-hybridized carbons (Fsp3) is 0.136. The zero-order valence-corrected chi connectivity index (χ0v) is 17.8. The summed E-state index contributed by atoms with van der Waals surface area (Å²) in [5.74, 6) is -0.443. The topological polar surface area (TPSA) is 52.6 Å². The number of aliphatic hydroxyl groups excluding tert-OH is 1. The molecule has 30 heavy (non-hydrogen) atoms. The van der Waals surface area contributed by atoms with Crippen molar-refractivity contribution in [1.82, 2.24) is 5.32 Å². The van der Waals surface area contributed by atoms with Crippen LogP contribution in [-0.2, 0) is 13.0 Å². The van der Waals surface area contributed by atoms with E-state index in [1.54, 1.807) is 24.3 Å². The normalized spacial score (nSPS) is 13.2. The van der Waals surface area contributed by atoms with Crippen molar-refractivity contribution in [3.63, 3.8) is 0 Å². The highest BCUT2D eigenvalue weighted by Crippen LogP contribution is 2.44. The van der Waals surface area contributed by atoms with Gasteiger partial charge in [-0.05, 0) is 53.9 Å². The first-order chi connectivity index (χ1) is 14.4. The molecule has 8 heteroatoms. The maximum absolute atomic E-state index is 13.6. The smallest absolute Gasteiger partial charge is 0.326 e. The number of hydrogen-bond acceptors (Lipinski definition) is 2. The molecule has 1 heterocycles. The summed E-state index contributed by atoms with van der Waals surface area (Å²) in [5, 5.41) is 13.2. The van der Waals surface area contributed by atoms with Crippen LogP contribution in [0.15, 0.2) is 48.5 Å². The van der Waals surface area contributed by atoms with E-state index in [0.717, 1.165) is 16.7 Å². The molecule has 4 nitrogen and oxygen atoms in total. The molecular formula is C22H16Cl3FN2O2. The second kappa shape index (κ2) is 8.44. The number of halogens is 4. The van der Waals surface area contributed by atoms with Gasteiger partial charge in [-0.1, -0.05) is 46.9 Å². The van der Waals surface area contributed by atoms with Gasteiger partial charge in [0.15, 0.2) is 0 Å². The average molecular weight is 466 g/mol. The van der Waals surface area contributed by atoms with Crippen LogP contribution in [0, 0.1) is 5.82 Å². The molecule has 3 aromatic rings. The Morgan fingerprint density at radius 1 is 1.00 bits per heavy atom. The van der Waals surface area contributed by atoms with Gasteiger partial charge in [0.05, 0.1) is 26.4 Å². The zero-order valence-electron chi connectivity index (χ0n) is 15.6. The van der Waals surface area contributed by atoms with E-state index in [9.17, 15) is 14.3 Å². The van der Waals surface area contributed by atoms with Crippen molar-refractivity contribution < 1.29 is 14.3 Å². The van der Waals surface area contributed by atoms with Crippen molar-refractivity contribution in [3.8, 4) is 11.1 Å². The molecule has 0 saturated heterocycles. The maximum Gasteiger partial charge on any atom is 0.326 e. The first-order valence-corrected chi connectivity index (χ1v) is 10.3. The number of rotatable bonds is 4. The average Bonchev–Trinajstić information content (AvgIpc) is 2.69. The van der Waals surface area contributed by atoms with Crippen LogP contribution in [0.5, 0.6) is 0 Å². The monoisotopic (exact) mass is 464 g/mol. The predicted molar refractivity (Wildman–Crippen MR) is 118 cm³/mol. The molecule has 1 aliphatic heterocycles. The number of fused-ring (bicyclic) bond motifs is 1. The highest BCUT2D eigenvalue weighted by atomic mass is 35.5. The molecule has 0 fully saturated rings. The van der Waals surface area contributed by atoms with Crippen molar-refractivity contribution in [2.24, 2.45) is 0 Å². The number of aliphatic hydroxyl groups is 1. The van der Waals surface area contributed by atoms with Gasteiger partial charge in [0, 0.05) is 24.3 Å². The Kier molecular flexibility index (Phi) is 5.89. The number of benzene rings is 3. The minimum absolute atomic E-state index is 0.0750. The summed E-state index contributed by atoms with van der Waals surface area (Å²) in [4.78, 5) is 14.3. The number of hydrogen-bond donors (Lipinski definition) is 2. The Bertz CT molecular complexity index is 1130. The van der Waals surface area contributed by atoms with Crippen LogP contribution in [-0.4, -0.2) is 17.7 Å². The Hall–Kier alpha value is -2.31. The molecule has 0 unspecified atom stereocenters. The van der Waals surface area contributed by atoms with Gasteiger partial charge in [0.2, 0.25) is 0 Å². The molecule has 2 amide bonds. The van der Waals surface area contributed by atoms with E-state index in [2.05, 4.69) is 5.32 Å². The number of carbonyl (C=O) groups is 1. The van der Waals surface area contributed by atoms with Crippen LogP contribution in [0.4, 0.5) is 20.6 Å². The van der Waals surface area contributed by atoms with Gasteiger partial charge in [0.1, 0.15) is 5.82 Å². The molecule has 0 aromatic heterocycles. The largest absolute Gasteiger partial charge is 0.396 e. The SMILES string of the molecule is O=C1NCc2c(-c3ccc(F)cc3Cl)cc(CCO)cc2N1c1c(Cl)cccc1Cl. The van der Waals surface area contributed by atoms with Crippen molar-refractivity contribution >= 4 is 52.2 Å². The number of nitrogens with one attached hydrogen (secondary N) is 1. The van der Waals surface area contributed by atoms with Gasteiger partial charge in [-0.3, -0.25) is 4.90 Å². The summed E-state index contributed by atoms with van der Waals surface area (Å²) >= 11 is 19.1. The lowest BCUT2D eigenvalue weighted by molar-refractivity contribution is 0.247. The minimum atomic E-state index is -0.443. The molecule has 2 N–H and O–H groups in total. The van der Waals surface area contributed by atoms with Crippen molar-refractivity contribution in [2.75, 3.05) is 11.5 Å². The van der Waals surface area contributed by atoms with Crippen LogP contribution in [0.3, 0.4) is 0 Å². The number of para-hydroxylation sites is 1. The van der Waals surface area contributed by atoms with Crippen LogP contribution in [0.1, 0.15) is 11.1 Å². The summed E-state index contributed by atoms with van der Waals surface area (Å²) in [6.07, 6.45) is 0.366. The number of anilines is 2. The molecule has 3 aromatic carbocycles. The Labute approximate surface area is 187 Å². The van der Waals surface area contributed by atoms with E-state index in [4.69, 9.17) is 34.8 Å². The minimum Gasteiger partial charge on any atom is -0.396 e. The quantitative estimate of drug-likeness (QED) is 0.472. The summed E-state index contributed by atoms with van der Waals surface area (Å²) in [6, 6.07) is 12.5. The fourth-order valence-electron chi connectivity index (χ4n) is 3.60. The van der Waals surface area contributed by atoms with Gasteiger partial charge >= 0.3 is 6.03 Å². The van der Waals surface area contributed by atoms with E-state index < -0.39 is 5.82 Å². The van der Waals surface area contributed by atoms with Crippen molar-refractivity contribution in [2.45, 2.75) is 13.0 Å². The first-order valence-electron chi connectivity index (χ1n) is 9.14. The van der Waals surface area contributed by atoms with Gasteiger partial charge < -0.3 is 10.4 Å².